The molecule has 0 saturated carbocycles. The summed E-state index contributed by atoms with van der Waals surface area (Å²) in [5.74, 6) is -0.112. The minimum absolute atomic E-state index is 0.112. The standard InChI is InChI=1S/C16H25N3O2/c1-16(2,19-8-10-21-11-9-19)12-14(13-17)15(20)18-6-4-3-5-7-18/h12H,3-11H2,1-2H3. The molecule has 21 heavy (non-hydrogen) atoms. The minimum Gasteiger partial charge on any atom is -0.379 e. The van der Waals surface area contributed by atoms with E-state index in [0.29, 0.717) is 13.2 Å². The first-order valence-electron chi connectivity index (χ1n) is 7.79. The highest BCUT2D eigenvalue weighted by Crippen LogP contribution is 2.21. The Morgan fingerprint density at radius 1 is 1.14 bits per heavy atom. The fraction of sp³-hybridized carbons (Fsp3) is 0.750. The summed E-state index contributed by atoms with van der Waals surface area (Å²) < 4.78 is 5.37. The van der Waals surface area contributed by atoms with E-state index in [-0.39, 0.29) is 17.0 Å². The van der Waals surface area contributed by atoms with E-state index in [2.05, 4.69) is 24.8 Å². The van der Waals surface area contributed by atoms with Gasteiger partial charge in [0, 0.05) is 31.7 Å². The van der Waals surface area contributed by atoms with E-state index in [0.717, 1.165) is 39.0 Å². The zero-order valence-electron chi connectivity index (χ0n) is 13.1. The van der Waals surface area contributed by atoms with Crippen LogP contribution in [-0.2, 0) is 9.53 Å². The van der Waals surface area contributed by atoms with E-state index < -0.39 is 0 Å². The van der Waals surface area contributed by atoms with Gasteiger partial charge < -0.3 is 9.64 Å². The molecule has 2 aliphatic rings. The Labute approximate surface area is 127 Å². The van der Waals surface area contributed by atoms with Crippen molar-refractivity contribution < 1.29 is 9.53 Å². The van der Waals surface area contributed by atoms with Gasteiger partial charge in [0.05, 0.1) is 13.2 Å². The fourth-order valence-electron chi connectivity index (χ4n) is 2.99. The second-order valence-corrected chi connectivity index (χ2v) is 6.28. The first-order chi connectivity index (χ1) is 10.0. The van der Waals surface area contributed by atoms with E-state index in [1.807, 2.05) is 11.0 Å². The molecule has 1 amide bonds. The van der Waals surface area contributed by atoms with Gasteiger partial charge in [0.15, 0.2) is 0 Å². The summed E-state index contributed by atoms with van der Waals surface area (Å²) in [5, 5.41) is 9.38. The quantitative estimate of drug-likeness (QED) is 0.585. The highest BCUT2D eigenvalue weighted by molar-refractivity contribution is 5.97. The highest BCUT2D eigenvalue weighted by Gasteiger charge is 2.29. The number of rotatable bonds is 3. The van der Waals surface area contributed by atoms with Crippen molar-refractivity contribution in [2.75, 3.05) is 39.4 Å². The maximum absolute atomic E-state index is 12.5. The van der Waals surface area contributed by atoms with Crippen molar-refractivity contribution in [2.24, 2.45) is 0 Å². The lowest BCUT2D eigenvalue weighted by atomic mass is 9.97. The van der Waals surface area contributed by atoms with Gasteiger partial charge in [-0.25, -0.2) is 0 Å². The van der Waals surface area contributed by atoms with Gasteiger partial charge in [0.1, 0.15) is 11.6 Å². The molecule has 0 aromatic rings. The third kappa shape index (κ3) is 4.05. The van der Waals surface area contributed by atoms with Crippen molar-refractivity contribution in [2.45, 2.75) is 38.6 Å². The molecule has 0 aromatic carbocycles. The summed E-state index contributed by atoms with van der Waals surface area (Å²) in [4.78, 5) is 16.6. The van der Waals surface area contributed by atoms with E-state index >= 15 is 0 Å². The molecule has 0 spiro atoms. The van der Waals surface area contributed by atoms with Crippen molar-refractivity contribution in [3.8, 4) is 6.07 Å². The maximum Gasteiger partial charge on any atom is 0.264 e. The molecule has 5 heteroatoms. The van der Waals surface area contributed by atoms with E-state index in [4.69, 9.17) is 4.74 Å². The van der Waals surface area contributed by atoms with Crippen LogP contribution >= 0.6 is 0 Å². The molecule has 5 nitrogen and oxygen atoms in total. The molecule has 2 saturated heterocycles. The topological polar surface area (TPSA) is 56.6 Å². The SMILES string of the molecule is CC(C)(C=C(C#N)C(=O)N1CCCCC1)N1CCOCC1. The number of nitriles is 1. The zero-order valence-corrected chi connectivity index (χ0v) is 13.1. The number of ether oxygens (including phenoxy) is 1. The molecule has 0 aromatic heterocycles. The molecule has 2 aliphatic heterocycles. The largest absolute Gasteiger partial charge is 0.379 e. The molecule has 0 unspecified atom stereocenters. The first kappa shape index (κ1) is 16.0. The lowest BCUT2D eigenvalue weighted by Crippen LogP contribution is -2.49. The van der Waals surface area contributed by atoms with Crippen LogP contribution in [0.25, 0.3) is 0 Å². The number of likely N-dealkylation sites (tertiary alicyclic amines) is 1. The Balaban J connectivity index is 2.10. The normalized spacial score (nSPS) is 22.0. The van der Waals surface area contributed by atoms with Crippen molar-refractivity contribution in [3.63, 3.8) is 0 Å². The fourth-order valence-corrected chi connectivity index (χ4v) is 2.99. The van der Waals surface area contributed by atoms with Crippen LogP contribution in [0.15, 0.2) is 11.6 Å². The number of hydrogen-bond donors (Lipinski definition) is 0. The average Bonchev–Trinajstić information content (AvgIpc) is 2.53. The molecule has 2 rings (SSSR count). The Kier molecular flexibility index (Phi) is 5.38. The number of carbonyl (C=O) groups is 1. The van der Waals surface area contributed by atoms with Crippen molar-refractivity contribution >= 4 is 5.91 Å². The van der Waals surface area contributed by atoms with Crippen LogP contribution in [0.4, 0.5) is 0 Å². The van der Waals surface area contributed by atoms with Crippen molar-refractivity contribution in [3.05, 3.63) is 11.6 Å². The van der Waals surface area contributed by atoms with Crippen LogP contribution in [0.1, 0.15) is 33.1 Å². The molecular weight excluding hydrogens is 266 g/mol. The van der Waals surface area contributed by atoms with Crippen LogP contribution in [0.5, 0.6) is 0 Å². The van der Waals surface area contributed by atoms with Gasteiger partial charge in [-0.3, -0.25) is 9.69 Å². The molecule has 0 aliphatic carbocycles. The van der Waals surface area contributed by atoms with Gasteiger partial charge >= 0.3 is 0 Å². The van der Waals surface area contributed by atoms with Crippen LogP contribution in [0, 0.1) is 11.3 Å². The molecule has 116 valence electrons. The number of nitrogens with zero attached hydrogens (tertiary/aromatic N) is 3. The van der Waals surface area contributed by atoms with Crippen LogP contribution in [0.2, 0.25) is 0 Å². The predicted molar refractivity (Wildman–Crippen MR) is 80.6 cm³/mol. The summed E-state index contributed by atoms with van der Waals surface area (Å²) in [7, 11) is 0. The molecule has 2 heterocycles. The summed E-state index contributed by atoms with van der Waals surface area (Å²) in [6.07, 6.45) is 5.08. The summed E-state index contributed by atoms with van der Waals surface area (Å²) >= 11 is 0. The Bertz CT molecular complexity index is 439. The smallest absolute Gasteiger partial charge is 0.264 e. The monoisotopic (exact) mass is 291 g/mol. The van der Waals surface area contributed by atoms with E-state index in [1.165, 1.54) is 6.42 Å². The lowest BCUT2D eigenvalue weighted by molar-refractivity contribution is -0.127. The zero-order chi connectivity index (χ0) is 15.3. The summed E-state index contributed by atoms with van der Waals surface area (Å²) in [6, 6.07) is 2.11. The van der Waals surface area contributed by atoms with Crippen LogP contribution in [0.3, 0.4) is 0 Å². The molecule has 0 N–H and O–H groups in total. The average molecular weight is 291 g/mol. The van der Waals surface area contributed by atoms with Crippen LogP contribution in [-0.4, -0.2) is 60.6 Å². The van der Waals surface area contributed by atoms with Gasteiger partial charge in [-0.2, -0.15) is 5.26 Å². The van der Waals surface area contributed by atoms with Crippen LogP contribution < -0.4 is 0 Å². The van der Waals surface area contributed by atoms with Gasteiger partial charge in [0.25, 0.3) is 5.91 Å². The number of hydrogen-bond acceptors (Lipinski definition) is 4. The predicted octanol–water partition coefficient (Wildman–Crippen LogP) is 1.56. The van der Waals surface area contributed by atoms with Crippen molar-refractivity contribution in [1.82, 2.24) is 9.80 Å². The maximum atomic E-state index is 12.5. The first-order valence-corrected chi connectivity index (χ1v) is 7.79. The van der Waals surface area contributed by atoms with E-state index in [1.54, 1.807) is 0 Å². The summed E-state index contributed by atoms with van der Waals surface area (Å²) in [6.45, 7) is 8.74. The third-order valence-electron chi connectivity index (χ3n) is 4.32. The highest BCUT2D eigenvalue weighted by atomic mass is 16.5. The summed E-state index contributed by atoms with van der Waals surface area (Å²) in [5.41, 5.74) is -0.0336. The van der Waals surface area contributed by atoms with Gasteiger partial charge in [0.2, 0.25) is 0 Å². The molecule has 0 bridgehead atoms. The Morgan fingerprint density at radius 3 is 2.33 bits per heavy atom. The number of amides is 1. The molecule has 0 atom stereocenters. The molecule has 0 radical (unpaired) electrons. The second-order valence-electron chi connectivity index (χ2n) is 6.28. The number of piperidine rings is 1. The van der Waals surface area contributed by atoms with Crippen molar-refractivity contribution in [1.29, 1.82) is 5.26 Å². The number of morpholine rings is 1. The second kappa shape index (κ2) is 7.06. The van der Waals surface area contributed by atoms with Gasteiger partial charge in [-0.15, -0.1) is 0 Å². The number of carbonyl (C=O) groups excluding carboxylic acids is 1. The third-order valence-corrected chi connectivity index (χ3v) is 4.32. The minimum atomic E-state index is -0.305. The molecule has 2 fully saturated rings. The Hall–Kier alpha value is -1.38. The molecular formula is C16H25N3O2. The van der Waals surface area contributed by atoms with E-state index in [9.17, 15) is 10.1 Å². The Morgan fingerprint density at radius 2 is 1.76 bits per heavy atom. The lowest BCUT2D eigenvalue weighted by Gasteiger charge is -2.39. The van der Waals surface area contributed by atoms with Gasteiger partial charge in [-0.1, -0.05) is 0 Å². The van der Waals surface area contributed by atoms with Gasteiger partial charge in [-0.05, 0) is 39.2 Å².